The van der Waals surface area contributed by atoms with Gasteiger partial charge in [-0.2, -0.15) is 13.2 Å². The maximum absolute atomic E-state index is 14.1. The van der Waals surface area contributed by atoms with Gasteiger partial charge in [0.2, 0.25) is 0 Å². The first-order chi connectivity index (χ1) is 13.8. The van der Waals surface area contributed by atoms with Gasteiger partial charge in [0.05, 0.1) is 6.54 Å². The Morgan fingerprint density at radius 2 is 1.90 bits per heavy atom. The fourth-order valence-corrected chi connectivity index (χ4v) is 4.12. The summed E-state index contributed by atoms with van der Waals surface area (Å²) < 4.78 is 57.1. The molecule has 0 aliphatic carbocycles. The average Bonchev–Trinajstić information content (AvgIpc) is 2.65. The van der Waals surface area contributed by atoms with Crippen molar-refractivity contribution in [2.75, 3.05) is 6.54 Å². The van der Waals surface area contributed by atoms with Crippen LogP contribution in [0, 0.1) is 5.82 Å². The SMILES string of the molecule is CC(C)(CC(O)(Cn1ccc(=O)c2c1CCNC2)C(F)(F)F)c1cc(F)ccc1O. The van der Waals surface area contributed by atoms with Crippen molar-refractivity contribution in [1.29, 1.82) is 0 Å². The van der Waals surface area contributed by atoms with Gasteiger partial charge < -0.3 is 20.1 Å². The van der Waals surface area contributed by atoms with Crippen LogP contribution >= 0.6 is 0 Å². The molecule has 0 saturated heterocycles. The Bertz CT molecular complexity index is 1000. The third-order valence-electron chi connectivity index (χ3n) is 5.62. The van der Waals surface area contributed by atoms with Crippen molar-refractivity contribution in [3.63, 3.8) is 0 Å². The van der Waals surface area contributed by atoms with Gasteiger partial charge in [-0.25, -0.2) is 4.39 Å². The summed E-state index contributed by atoms with van der Waals surface area (Å²) in [5.41, 5.74) is -4.05. The van der Waals surface area contributed by atoms with E-state index in [2.05, 4.69) is 5.32 Å². The van der Waals surface area contributed by atoms with Gasteiger partial charge in [-0.15, -0.1) is 0 Å². The molecule has 30 heavy (non-hydrogen) atoms. The largest absolute Gasteiger partial charge is 0.508 e. The number of phenolic OH excluding ortho intramolecular Hbond substituents is 1. The maximum atomic E-state index is 14.1. The lowest BCUT2D eigenvalue weighted by Crippen LogP contribution is -2.52. The van der Waals surface area contributed by atoms with Gasteiger partial charge in [-0.1, -0.05) is 13.8 Å². The lowest BCUT2D eigenvalue weighted by atomic mass is 9.74. The molecule has 1 aromatic carbocycles. The predicted molar refractivity (Wildman–Crippen MR) is 103 cm³/mol. The van der Waals surface area contributed by atoms with E-state index in [9.17, 15) is 32.6 Å². The summed E-state index contributed by atoms with van der Waals surface area (Å²) in [5, 5.41) is 23.9. The first-order valence-corrected chi connectivity index (χ1v) is 9.54. The zero-order valence-electron chi connectivity index (χ0n) is 16.7. The van der Waals surface area contributed by atoms with Crippen molar-refractivity contribution < 1.29 is 27.8 Å². The molecular weight excluding hydrogens is 404 g/mol. The second kappa shape index (κ2) is 7.70. The minimum atomic E-state index is -5.00. The highest BCUT2D eigenvalue weighted by molar-refractivity contribution is 5.38. The van der Waals surface area contributed by atoms with Crippen LogP contribution in [0.25, 0.3) is 0 Å². The highest BCUT2D eigenvalue weighted by Crippen LogP contribution is 2.44. The van der Waals surface area contributed by atoms with Gasteiger partial charge in [0, 0.05) is 48.6 Å². The zero-order valence-corrected chi connectivity index (χ0v) is 16.7. The lowest BCUT2D eigenvalue weighted by Gasteiger charge is -2.39. The Hall–Kier alpha value is -2.39. The topological polar surface area (TPSA) is 74.5 Å². The monoisotopic (exact) mass is 428 g/mol. The van der Waals surface area contributed by atoms with Gasteiger partial charge >= 0.3 is 6.18 Å². The van der Waals surface area contributed by atoms with Crippen molar-refractivity contribution in [2.45, 2.75) is 57.0 Å². The molecule has 1 aliphatic rings. The first kappa shape index (κ1) is 22.3. The standard InChI is InChI=1S/C21H24F4N2O3/c1-19(2,15-9-13(22)3-4-18(15)29)11-20(30,21(23,24)25)12-27-8-6-17(28)14-10-26-7-5-16(14)27/h3-4,6,8-9,26,29-30H,5,7,10-12H2,1-2H3. The fraction of sp³-hybridized carbons (Fsp3) is 0.476. The number of benzene rings is 1. The minimum Gasteiger partial charge on any atom is -0.508 e. The number of aromatic hydroxyl groups is 1. The van der Waals surface area contributed by atoms with Gasteiger partial charge in [0.1, 0.15) is 11.6 Å². The lowest BCUT2D eigenvalue weighted by molar-refractivity contribution is -0.271. The van der Waals surface area contributed by atoms with Crippen LogP contribution in [-0.4, -0.2) is 33.1 Å². The van der Waals surface area contributed by atoms with Crippen LogP contribution in [0.1, 0.15) is 37.1 Å². The van der Waals surface area contributed by atoms with E-state index >= 15 is 0 Å². The molecule has 3 N–H and O–H groups in total. The van der Waals surface area contributed by atoms with E-state index in [4.69, 9.17) is 0 Å². The fourth-order valence-electron chi connectivity index (χ4n) is 4.12. The van der Waals surface area contributed by atoms with Crippen LogP contribution < -0.4 is 10.7 Å². The molecule has 0 radical (unpaired) electrons. The molecule has 0 spiro atoms. The highest BCUT2D eigenvalue weighted by atomic mass is 19.4. The molecule has 164 valence electrons. The molecule has 0 fully saturated rings. The first-order valence-electron chi connectivity index (χ1n) is 9.54. The molecule has 1 unspecified atom stereocenters. The van der Waals surface area contributed by atoms with Crippen LogP contribution in [0.3, 0.4) is 0 Å². The molecule has 2 heterocycles. The normalized spacial score (nSPS) is 16.8. The number of nitrogens with zero attached hydrogens (tertiary/aromatic N) is 1. The summed E-state index contributed by atoms with van der Waals surface area (Å²) in [6, 6.07) is 4.24. The van der Waals surface area contributed by atoms with Gasteiger partial charge in [-0.05, 0) is 30.0 Å². The van der Waals surface area contributed by atoms with E-state index in [1.807, 2.05) is 0 Å². The molecule has 0 saturated carbocycles. The molecule has 5 nitrogen and oxygen atoms in total. The number of halogens is 4. The van der Waals surface area contributed by atoms with Crippen LogP contribution in [0.5, 0.6) is 5.75 Å². The zero-order chi connectivity index (χ0) is 22.3. The third-order valence-corrected chi connectivity index (χ3v) is 5.62. The Morgan fingerprint density at radius 1 is 1.20 bits per heavy atom. The Kier molecular flexibility index (Phi) is 5.72. The number of nitrogens with one attached hydrogen (secondary N) is 1. The quantitative estimate of drug-likeness (QED) is 0.641. The van der Waals surface area contributed by atoms with Gasteiger partial charge in [0.25, 0.3) is 0 Å². The van der Waals surface area contributed by atoms with Gasteiger partial charge in [0.15, 0.2) is 11.0 Å². The van der Waals surface area contributed by atoms with E-state index in [1.165, 1.54) is 30.7 Å². The Morgan fingerprint density at radius 3 is 2.57 bits per heavy atom. The van der Waals surface area contributed by atoms with Crippen LogP contribution in [0.15, 0.2) is 35.3 Å². The molecule has 3 rings (SSSR count). The van der Waals surface area contributed by atoms with Crippen LogP contribution in [0.2, 0.25) is 0 Å². The summed E-state index contributed by atoms with van der Waals surface area (Å²) in [4.78, 5) is 12.1. The summed E-state index contributed by atoms with van der Waals surface area (Å²) in [7, 11) is 0. The second-order valence-electron chi connectivity index (χ2n) is 8.41. The number of aromatic nitrogens is 1. The van der Waals surface area contributed by atoms with E-state index in [1.54, 1.807) is 0 Å². The Labute approximate surface area is 171 Å². The van der Waals surface area contributed by atoms with E-state index in [-0.39, 0.29) is 23.3 Å². The number of hydrogen-bond donors (Lipinski definition) is 3. The summed E-state index contributed by atoms with van der Waals surface area (Å²) in [6.45, 7) is 2.75. The van der Waals surface area contributed by atoms with Crippen LogP contribution in [-0.2, 0) is 24.9 Å². The average molecular weight is 428 g/mol. The van der Waals surface area contributed by atoms with Crippen LogP contribution in [0.4, 0.5) is 17.6 Å². The van der Waals surface area contributed by atoms with Crippen molar-refractivity contribution in [2.24, 2.45) is 0 Å². The smallest absolute Gasteiger partial charge is 0.418 e. The third kappa shape index (κ3) is 4.22. The molecule has 1 atom stereocenters. The number of pyridine rings is 1. The number of hydrogen-bond acceptors (Lipinski definition) is 4. The van der Waals surface area contributed by atoms with E-state index in [0.717, 1.165) is 18.2 Å². The number of phenols is 1. The summed E-state index contributed by atoms with van der Waals surface area (Å²) >= 11 is 0. The predicted octanol–water partition coefficient (Wildman–Crippen LogP) is 3.00. The minimum absolute atomic E-state index is 0.0312. The number of aliphatic hydroxyl groups is 1. The molecular formula is C21H24F4N2O3. The van der Waals surface area contributed by atoms with Crippen molar-refractivity contribution in [3.05, 3.63) is 63.3 Å². The molecule has 1 aromatic heterocycles. The second-order valence-corrected chi connectivity index (χ2v) is 8.41. The van der Waals surface area contributed by atoms with E-state index in [0.29, 0.717) is 24.2 Å². The molecule has 0 amide bonds. The summed E-state index contributed by atoms with van der Waals surface area (Å²) in [6.07, 6.45) is -4.21. The molecule has 0 bridgehead atoms. The maximum Gasteiger partial charge on any atom is 0.418 e. The highest BCUT2D eigenvalue weighted by Gasteiger charge is 2.56. The van der Waals surface area contributed by atoms with Crippen molar-refractivity contribution >= 4 is 0 Å². The van der Waals surface area contributed by atoms with Gasteiger partial charge in [-0.3, -0.25) is 4.79 Å². The Balaban J connectivity index is 2.02. The van der Waals surface area contributed by atoms with E-state index < -0.39 is 36.0 Å². The molecule has 2 aromatic rings. The number of alkyl halides is 3. The number of rotatable bonds is 5. The van der Waals surface area contributed by atoms with Crippen molar-refractivity contribution in [1.82, 2.24) is 9.88 Å². The molecule has 9 heteroatoms. The number of fused-ring (bicyclic) bond motifs is 1. The summed E-state index contributed by atoms with van der Waals surface area (Å²) in [5.74, 6) is -1.05. The molecule has 1 aliphatic heterocycles. The van der Waals surface area contributed by atoms with Crippen molar-refractivity contribution in [3.8, 4) is 5.75 Å².